The van der Waals surface area contributed by atoms with Crippen LogP contribution >= 0.6 is 0 Å². The number of sulfone groups is 1. The van der Waals surface area contributed by atoms with Crippen molar-refractivity contribution in [1.82, 2.24) is 4.90 Å². The van der Waals surface area contributed by atoms with Gasteiger partial charge in [-0.25, -0.2) is 8.42 Å². The number of nitrogens with zero attached hydrogens (tertiary/aromatic N) is 2. The van der Waals surface area contributed by atoms with E-state index in [-0.39, 0.29) is 52.7 Å². The number of aliphatic imine (C=N–C) groups is 1. The molecule has 0 spiro atoms. The van der Waals surface area contributed by atoms with Crippen LogP contribution in [0.2, 0.25) is 0 Å². The van der Waals surface area contributed by atoms with E-state index in [0.717, 1.165) is 41.7 Å². The van der Waals surface area contributed by atoms with E-state index in [1.807, 2.05) is 38.1 Å². The lowest BCUT2D eigenvalue weighted by molar-refractivity contribution is -0.274. The van der Waals surface area contributed by atoms with Gasteiger partial charge in [0.2, 0.25) is 9.84 Å². The van der Waals surface area contributed by atoms with Crippen LogP contribution in [-0.2, 0) is 28.3 Å². The Bertz CT molecular complexity index is 1560. The Kier molecular flexibility index (Phi) is 9.18. The van der Waals surface area contributed by atoms with E-state index in [2.05, 4.69) is 16.4 Å². The van der Waals surface area contributed by atoms with Crippen LogP contribution in [0.5, 0.6) is 5.75 Å². The van der Waals surface area contributed by atoms with Gasteiger partial charge in [0, 0.05) is 18.7 Å². The Morgan fingerprint density at radius 2 is 1.52 bits per heavy atom. The Hall–Kier alpha value is -3.63. The molecular weight excluding hydrogens is 565 g/mol. The van der Waals surface area contributed by atoms with Gasteiger partial charge in [0.1, 0.15) is 5.75 Å². The Labute approximate surface area is 245 Å². The van der Waals surface area contributed by atoms with Crippen LogP contribution in [0.4, 0.5) is 18.9 Å². The molecule has 3 aromatic carbocycles. The highest BCUT2D eigenvalue weighted by Gasteiger charge is 2.37. The summed E-state index contributed by atoms with van der Waals surface area (Å²) in [5, 5.41) is 11.5. The number of benzene rings is 3. The molecule has 0 amide bonds. The molecule has 6 nitrogen and oxygen atoms in total. The minimum atomic E-state index is -4.94. The number of alkyl halides is 3. The maximum Gasteiger partial charge on any atom is 0.573 e. The summed E-state index contributed by atoms with van der Waals surface area (Å²) in [5.74, 6) is -0.510. The lowest BCUT2D eigenvalue weighted by atomic mass is 9.83. The third-order valence-corrected chi connectivity index (χ3v) is 9.70. The first kappa shape index (κ1) is 31.3. The van der Waals surface area contributed by atoms with Gasteiger partial charge in [-0.15, -0.1) is 13.2 Å². The van der Waals surface area contributed by atoms with Crippen LogP contribution in [0.15, 0.2) is 81.5 Å². The molecule has 1 aliphatic rings. The molecular formula is C32H35F3N2O4S. The molecule has 0 aromatic heterocycles. The van der Waals surface area contributed by atoms with E-state index in [4.69, 9.17) is 0 Å². The van der Waals surface area contributed by atoms with E-state index in [1.165, 1.54) is 25.1 Å². The first-order valence-corrected chi connectivity index (χ1v) is 15.3. The zero-order valence-electron chi connectivity index (χ0n) is 23.9. The summed E-state index contributed by atoms with van der Waals surface area (Å²) in [7, 11) is -4.07. The third-order valence-electron chi connectivity index (χ3n) is 7.81. The SMILES string of the molecule is C=Nc1ccc(OC(F)(F)F)cc1/C(=C(\C)S(=O)(=O)c1ccc(CC)cc1)N1CCC(O)(c2ccc(CC)cc2)CC1. The number of likely N-dealkylation sites (tertiary alicyclic amines) is 1. The molecule has 10 heteroatoms. The van der Waals surface area contributed by atoms with E-state index in [1.54, 1.807) is 17.0 Å². The van der Waals surface area contributed by atoms with Gasteiger partial charge in [0.25, 0.3) is 0 Å². The lowest BCUT2D eigenvalue weighted by Gasteiger charge is -2.41. The summed E-state index contributed by atoms with van der Waals surface area (Å²) >= 11 is 0. The second-order valence-corrected chi connectivity index (χ2v) is 12.5. The van der Waals surface area contributed by atoms with Crippen molar-refractivity contribution in [3.63, 3.8) is 0 Å². The number of hydrogen-bond donors (Lipinski definition) is 1. The number of halogens is 3. The van der Waals surface area contributed by atoms with Crippen molar-refractivity contribution in [2.24, 2.45) is 4.99 Å². The topological polar surface area (TPSA) is 79.2 Å². The number of hydrogen-bond acceptors (Lipinski definition) is 6. The molecule has 0 atom stereocenters. The second kappa shape index (κ2) is 12.3. The van der Waals surface area contributed by atoms with E-state index in [0.29, 0.717) is 0 Å². The zero-order valence-corrected chi connectivity index (χ0v) is 24.7. The Morgan fingerprint density at radius 3 is 2.02 bits per heavy atom. The van der Waals surface area contributed by atoms with E-state index >= 15 is 0 Å². The summed E-state index contributed by atoms with van der Waals surface area (Å²) < 4.78 is 71.4. The average molecular weight is 601 g/mol. The number of piperidine rings is 1. The zero-order chi connectivity index (χ0) is 30.7. The number of ether oxygens (including phenoxy) is 1. The number of allylic oxidation sites excluding steroid dienone is 1. The van der Waals surface area contributed by atoms with Crippen molar-refractivity contribution in [2.45, 2.75) is 63.3 Å². The van der Waals surface area contributed by atoms with Crippen LogP contribution < -0.4 is 4.74 Å². The molecule has 1 N–H and O–H groups in total. The van der Waals surface area contributed by atoms with Crippen molar-refractivity contribution in [2.75, 3.05) is 13.1 Å². The van der Waals surface area contributed by atoms with Crippen molar-refractivity contribution in [3.05, 3.63) is 93.9 Å². The predicted molar refractivity (Wildman–Crippen MR) is 158 cm³/mol. The van der Waals surface area contributed by atoms with Crippen molar-refractivity contribution in [1.29, 1.82) is 0 Å². The second-order valence-electron chi connectivity index (χ2n) is 10.4. The molecule has 1 aliphatic heterocycles. The molecule has 1 saturated heterocycles. The lowest BCUT2D eigenvalue weighted by Crippen LogP contribution is -2.42. The highest BCUT2D eigenvalue weighted by Crippen LogP contribution is 2.42. The highest BCUT2D eigenvalue weighted by molar-refractivity contribution is 7.95. The van der Waals surface area contributed by atoms with Crippen molar-refractivity contribution >= 4 is 27.9 Å². The van der Waals surface area contributed by atoms with Crippen molar-refractivity contribution < 1.29 is 31.4 Å². The standard InChI is InChI=1S/C32H35F3N2O4S/c1-5-23-7-11-25(12-8-23)31(38)17-19-37(20-18-31)30(22(3)42(39,40)27-14-9-24(6-2)10-15-27)28-21-26(41-32(33,34)35)13-16-29(28)36-4/h7-16,21,38H,4-6,17-20H2,1-3H3/b30-22-. The fraction of sp³-hybridized carbons (Fsp3) is 0.344. The number of aliphatic hydroxyl groups is 1. The van der Waals surface area contributed by atoms with Gasteiger partial charge in [-0.2, -0.15) is 0 Å². The molecule has 1 heterocycles. The van der Waals surface area contributed by atoms with Gasteiger partial charge >= 0.3 is 6.36 Å². The summed E-state index contributed by atoms with van der Waals surface area (Å²) in [6.07, 6.45) is -2.79. The minimum Gasteiger partial charge on any atom is -0.406 e. The van der Waals surface area contributed by atoms with Crippen molar-refractivity contribution in [3.8, 4) is 5.75 Å². The molecule has 0 saturated carbocycles. The first-order valence-electron chi connectivity index (χ1n) is 13.8. The Balaban J connectivity index is 1.82. The number of rotatable bonds is 9. The quantitative estimate of drug-likeness (QED) is 0.263. The first-order chi connectivity index (χ1) is 19.8. The molecule has 0 aliphatic carbocycles. The molecule has 3 aromatic rings. The van der Waals surface area contributed by atoms with Crippen LogP contribution in [-0.4, -0.2) is 44.6 Å². The normalized spacial score (nSPS) is 16.1. The largest absolute Gasteiger partial charge is 0.573 e. The third kappa shape index (κ3) is 6.71. The van der Waals surface area contributed by atoms with Crippen LogP contribution in [0.1, 0.15) is 55.9 Å². The monoisotopic (exact) mass is 600 g/mol. The Morgan fingerprint density at radius 1 is 0.976 bits per heavy atom. The van der Waals surface area contributed by atoms with Gasteiger partial charge in [0.05, 0.1) is 26.8 Å². The highest BCUT2D eigenvalue weighted by atomic mass is 32.2. The fourth-order valence-electron chi connectivity index (χ4n) is 5.27. The van der Waals surface area contributed by atoms with Gasteiger partial charge in [0.15, 0.2) is 0 Å². The smallest absolute Gasteiger partial charge is 0.406 e. The molecule has 42 heavy (non-hydrogen) atoms. The maximum absolute atomic E-state index is 13.9. The van der Waals surface area contributed by atoms with E-state index in [9.17, 15) is 26.7 Å². The summed E-state index contributed by atoms with van der Waals surface area (Å²) in [6.45, 7) is 9.48. The molecule has 1 fully saturated rings. The van der Waals surface area contributed by atoms with Gasteiger partial charge in [-0.3, -0.25) is 4.99 Å². The predicted octanol–water partition coefficient (Wildman–Crippen LogP) is 7.19. The molecule has 224 valence electrons. The molecule has 0 radical (unpaired) electrons. The van der Waals surface area contributed by atoms with Crippen LogP contribution in [0.3, 0.4) is 0 Å². The van der Waals surface area contributed by atoms with Gasteiger partial charge in [-0.05, 0) is 86.3 Å². The average Bonchev–Trinajstić information content (AvgIpc) is 2.97. The molecule has 0 unspecified atom stereocenters. The number of aryl methyl sites for hydroxylation is 2. The van der Waals surface area contributed by atoms with Gasteiger partial charge in [-0.1, -0.05) is 50.2 Å². The minimum absolute atomic E-state index is 0.0569. The fourth-order valence-corrected chi connectivity index (χ4v) is 6.61. The molecule has 0 bridgehead atoms. The molecule has 4 rings (SSSR count). The van der Waals surface area contributed by atoms with Crippen LogP contribution in [0.25, 0.3) is 5.70 Å². The van der Waals surface area contributed by atoms with E-state index < -0.39 is 27.6 Å². The summed E-state index contributed by atoms with van der Waals surface area (Å²) in [6, 6.07) is 17.8. The summed E-state index contributed by atoms with van der Waals surface area (Å²) in [5.41, 5.74) is 2.25. The summed E-state index contributed by atoms with van der Waals surface area (Å²) in [4.78, 5) is 5.77. The maximum atomic E-state index is 13.9. The van der Waals surface area contributed by atoms with Crippen LogP contribution in [0, 0.1) is 0 Å². The van der Waals surface area contributed by atoms with Gasteiger partial charge < -0.3 is 14.7 Å².